The van der Waals surface area contributed by atoms with Gasteiger partial charge in [-0.25, -0.2) is 0 Å². The van der Waals surface area contributed by atoms with Gasteiger partial charge in [-0.05, 0) is 6.92 Å². The van der Waals surface area contributed by atoms with Gasteiger partial charge in [0.1, 0.15) is 0 Å². The lowest BCUT2D eigenvalue weighted by molar-refractivity contribution is -0.121. The van der Waals surface area contributed by atoms with Crippen LogP contribution >= 0.6 is 0 Å². The summed E-state index contributed by atoms with van der Waals surface area (Å²) in [7, 11) is 1.58. The second-order valence-corrected chi connectivity index (χ2v) is 2.48. The number of hydrogen-bond acceptors (Lipinski definition) is 2. The number of amides is 1. The molecule has 0 heterocycles. The molecule has 0 spiro atoms. The Labute approximate surface area is 67.4 Å². The molecule has 0 aliphatic heterocycles. The first-order chi connectivity index (χ1) is 5.16. The first-order valence-corrected chi connectivity index (χ1v) is 3.57. The number of methoxy groups -OCH3 is 1. The van der Waals surface area contributed by atoms with Crippen LogP contribution in [0, 0.1) is 0 Å². The quantitative estimate of drug-likeness (QED) is 0.597. The molecule has 0 aliphatic rings. The van der Waals surface area contributed by atoms with Crippen LogP contribution in [0.4, 0.5) is 0 Å². The number of rotatable bonds is 5. The van der Waals surface area contributed by atoms with Gasteiger partial charge in [-0.2, -0.15) is 0 Å². The summed E-state index contributed by atoms with van der Waals surface area (Å²) in [6, 6.07) is 0. The molecule has 11 heavy (non-hydrogen) atoms. The van der Waals surface area contributed by atoms with E-state index in [0.29, 0.717) is 19.6 Å². The highest BCUT2D eigenvalue weighted by Gasteiger charge is 1.98. The fourth-order valence-corrected chi connectivity index (χ4v) is 0.533. The van der Waals surface area contributed by atoms with Crippen molar-refractivity contribution in [2.75, 3.05) is 20.3 Å². The zero-order chi connectivity index (χ0) is 8.69. The van der Waals surface area contributed by atoms with Gasteiger partial charge in [0.15, 0.2) is 0 Å². The maximum atomic E-state index is 10.9. The molecule has 64 valence electrons. The van der Waals surface area contributed by atoms with Gasteiger partial charge in [0.05, 0.1) is 6.61 Å². The van der Waals surface area contributed by atoms with E-state index < -0.39 is 0 Å². The fraction of sp³-hybridized carbons (Fsp3) is 0.625. The minimum atomic E-state index is 0.00912. The Kier molecular flexibility index (Phi) is 5.47. The van der Waals surface area contributed by atoms with Gasteiger partial charge < -0.3 is 10.1 Å². The number of hydrogen-bond donors (Lipinski definition) is 1. The summed E-state index contributed by atoms with van der Waals surface area (Å²) in [4.78, 5) is 10.9. The van der Waals surface area contributed by atoms with E-state index in [9.17, 15) is 4.79 Å². The van der Waals surface area contributed by atoms with Gasteiger partial charge in [-0.15, -0.1) is 0 Å². The van der Waals surface area contributed by atoms with E-state index in [4.69, 9.17) is 4.74 Å². The van der Waals surface area contributed by atoms with Crippen molar-refractivity contribution in [1.29, 1.82) is 0 Å². The third kappa shape index (κ3) is 7.06. The summed E-state index contributed by atoms with van der Waals surface area (Å²) in [5.41, 5.74) is 0.954. The van der Waals surface area contributed by atoms with Crippen LogP contribution in [0.2, 0.25) is 0 Å². The van der Waals surface area contributed by atoms with E-state index in [0.717, 1.165) is 5.57 Å². The van der Waals surface area contributed by atoms with E-state index in [1.807, 2.05) is 6.92 Å². The smallest absolute Gasteiger partial charge is 0.222 e. The SMILES string of the molecule is C=C(C)CNC(=O)CCOC. The van der Waals surface area contributed by atoms with Crippen molar-refractivity contribution in [3.05, 3.63) is 12.2 Å². The Morgan fingerprint density at radius 1 is 1.64 bits per heavy atom. The molecule has 3 heteroatoms. The number of carbonyl (C=O) groups is 1. The molecule has 0 radical (unpaired) electrons. The fourth-order valence-electron chi connectivity index (χ4n) is 0.533. The molecule has 0 aromatic rings. The molecule has 0 rings (SSSR count). The second-order valence-electron chi connectivity index (χ2n) is 2.48. The minimum absolute atomic E-state index is 0.00912. The van der Waals surface area contributed by atoms with E-state index in [1.165, 1.54) is 0 Å². The Morgan fingerprint density at radius 2 is 2.27 bits per heavy atom. The normalized spacial score (nSPS) is 9.27. The van der Waals surface area contributed by atoms with Crippen LogP contribution in [0.15, 0.2) is 12.2 Å². The van der Waals surface area contributed by atoms with Gasteiger partial charge >= 0.3 is 0 Å². The van der Waals surface area contributed by atoms with Crippen LogP contribution < -0.4 is 5.32 Å². The molecule has 0 aromatic heterocycles. The third-order valence-electron chi connectivity index (χ3n) is 1.12. The molecule has 0 fully saturated rings. The molecule has 0 unspecified atom stereocenters. The predicted octanol–water partition coefficient (Wildman–Crippen LogP) is 0.715. The Bertz CT molecular complexity index is 143. The first-order valence-electron chi connectivity index (χ1n) is 3.57. The minimum Gasteiger partial charge on any atom is -0.384 e. The van der Waals surface area contributed by atoms with Crippen LogP contribution in [0.3, 0.4) is 0 Å². The van der Waals surface area contributed by atoms with Gasteiger partial charge in [0.2, 0.25) is 5.91 Å². The topological polar surface area (TPSA) is 38.3 Å². The Morgan fingerprint density at radius 3 is 2.73 bits per heavy atom. The van der Waals surface area contributed by atoms with Crippen molar-refractivity contribution in [3.8, 4) is 0 Å². The van der Waals surface area contributed by atoms with Crippen molar-refractivity contribution in [2.45, 2.75) is 13.3 Å². The van der Waals surface area contributed by atoms with Gasteiger partial charge in [0.25, 0.3) is 0 Å². The maximum absolute atomic E-state index is 10.9. The van der Waals surface area contributed by atoms with Crippen molar-refractivity contribution in [1.82, 2.24) is 5.32 Å². The summed E-state index contributed by atoms with van der Waals surface area (Å²) in [5, 5.41) is 2.70. The molecule has 1 N–H and O–H groups in total. The molecular weight excluding hydrogens is 142 g/mol. The molecule has 0 saturated carbocycles. The molecule has 0 bridgehead atoms. The van der Waals surface area contributed by atoms with Crippen molar-refractivity contribution < 1.29 is 9.53 Å². The summed E-state index contributed by atoms with van der Waals surface area (Å²) in [5.74, 6) is 0.00912. The Balaban J connectivity index is 3.30. The Hall–Kier alpha value is -0.830. The molecule has 0 aliphatic carbocycles. The van der Waals surface area contributed by atoms with Crippen LogP contribution in [-0.4, -0.2) is 26.2 Å². The lowest BCUT2D eigenvalue weighted by Crippen LogP contribution is -2.25. The molecule has 0 aromatic carbocycles. The van der Waals surface area contributed by atoms with Gasteiger partial charge in [-0.1, -0.05) is 12.2 Å². The standard InChI is InChI=1S/C8H15NO2/c1-7(2)6-9-8(10)4-5-11-3/h1,4-6H2,2-3H3,(H,9,10). The van der Waals surface area contributed by atoms with Gasteiger partial charge in [0, 0.05) is 20.1 Å². The van der Waals surface area contributed by atoms with E-state index in [-0.39, 0.29) is 5.91 Å². The van der Waals surface area contributed by atoms with Crippen molar-refractivity contribution in [3.63, 3.8) is 0 Å². The van der Waals surface area contributed by atoms with Crippen molar-refractivity contribution in [2.24, 2.45) is 0 Å². The molecule has 1 amide bonds. The summed E-state index contributed by atoms with van der Waals surface area (Å²) < 4.78 is 4.74. The third-order valence-corrected chi connectivity index (χ3v) is 1.12. The van der Waals surface area contributed by atoms with E-state index in [2.05, 4.69) is 11.9 Å². The zero-order valence-corrected chi connectivity index (χ0v) is 7.14. The number of carbonyl (C=O) groups excluding carboxylic acids is 1. The lowest BCUT2D eigenvalue weighted by Gasteiger charge is -2.02. The molecule has 0 atom stereocenters. The summed E-state index contributed by atoms with van der Waals surface area (Å²) in [6.45, 7) is 6.57. The first kappa shape index (κ1) is 10.2. The predicted molar refractivity (Wildman–Crippen MR) is 44.3 cm³/mol. The highest BCUT2D eigenvalue weighted by molar-refractivity contribution is 5.76. The zero-order valence-electron chi connectivity index (χ0n) is 7.14. The van der Waals surface area contributed by atoms with Crippen LogP contribution in [0.25, 0.3) is 0 Å². The molecular formula is C8H15NO2. The van der Waals surface area contributed by atoms with Gasteiger partial charge in [-0.3, -0.25) is 4.79 Å². The van der Waals surface area contributed by atoms with E-state index >= 15 is 0 Å². The van der Waals surface area contributed by atoms with Crippen LogP contribution in [-0.2, 0) is 9.53 Å². The van der Waals surface area contributed by atoms with Crippen LogP contribution in [0.1, 0.15) is 13.3 Å². The average Bonchev–Trinajstić information content (AvgIpc) is 1.97. The average molecular weight is 157 g/mol. The number of ether oxygens (including phenoxy) is 1. The summed E-state index contributed by atoms with van der Waals surface area (Å²) >= 11 is 0. The summed E-state index contributed by atoms with van der Waals surface area (Å²) in [6.07, 6.45) is 0.420. The molecule has 3 nitrogen and oxygen atoms in total. The number of nitrogens with one attached hydrogen (secondary N) is 1. The molecule has 0 saturated heterocycles. The highest BCUT2D eigenvalue weighted by Crippen LogP contribution is 1.84. The second kappa shape index (κ2) is 5.92. The van der Waals surface area contributed by atoms with Crippen molar-refractivity contribution >= 4 is 5.91 Å². The largest absolute Gasteiger partial charge is 0.384 e. The highest BCUT2D eigenvalue weighted by atomic mass is 16.5. The monoisotopic (exact) mass is 157 g/mol. The van der Waals surface area contributed by atoms with Crippen LogP contribution in [0.5, 0.6) is 0 Å². The van der Waals surface area contributed by atoms with E-state index in [1.54, 1.807) is 7.11 Å². The maximum Gasteiger partial charge on any atom is 0.222 e. The lowest BCUT2D eigenvalue weighted by atomic mass is 10.3.